The molecule has 140 valence electrons. The maximum atomic E-state index is 12.4. The van der Waals surface area contributed by atoms with Gasteiger partial charge in [0, 0.05) is 12.2 Å². The number of aryl methyl sites for hydroxylation is 4. The number of ether oxygens (including phenoxy) is 1. The predicted molar refractivity (Wildman–Crippen MR) is 94.7 cm³/mol. The van der Waals surface area contributed by atoms with Crippen molar-refractivity contribution in [1.29, 1.82) is 0 Å². The minimum atomic E-state index is -3.79. The van der Waals surface area contributed by atoms with Gasteiger partial charge in [-0.3, -0.25) is 4.90 Å². The lowest BCUT2D eigenvalue weighted by Gasteiger charge is -2.14. The molecule has 1 N–H and O–H groups in total. The van der Waals surface area contributed by atoms with Gasteiger partial charge in [-0.1, -0.05) is 11.2 Å². The summed E-state index contributed by atoms with van der Waals surface area (Å²) in [6.07, 6.45) is -1.07. The summed E-state index contributed by atoms with van der Waals surface area (Å²) in [5, 5.41) is 3.65. The largest absolute Gasteiger partial charge is 0.443 e. The Bertz CT molecular complexity index is 932. The van der Waals surface area contributed by atoms with Gasteiger partial charge in [0.25, 0.3) is 0 Å². The lowest BCUT2D eigenvalue weighted by Crippen LogP contribution is -2.35. The molecule has 26 heavy (non-hydrogen) atoms. The van der Waals surface area contributed by atoms with Gasteiger partial charge in [0.2, 0.25) is 10.0 Å². The molecule has 0 radical (unpaired) electrons. The summed E-state index contributed by atoms with van der Waals surface area (Å²) in [6.45, 7) is 7.29. The maximum Gasteiger partial charge on any atom is 0.414 e. The van der Waals surface area contributed by atoms with Gasteiger partial charge in [0.05, 0.1) is 6.54 Å². The fourth-order valence-corrected chi connectivity index (χ4v) is 4.26. The van der Waals surface area contributed by atoms with Crippen LogP contribution < -0.4 is 9.62 Å². The van der Waals surface area contributed by atoms with Crippen molar-refractivity contribution in [2.45, 2.75) is 38.7 Å². The number of nitrogens with one attached hydrogen (secondary N) is 1. The number of aromatic nitrogens is 1. The number of cyclic esters (lactones) is 1. The van der Waals surface area contributed by atoms with E-state index in [0.717, 1.165) is 16.8 Å². The van der Waals surface area contributed by atoms with Crippen LogP contribution in [0.15, 0.2) is 27.6 Å². The number of amides is 1. The van der Waals surface area contributed by atoms with Gasteiger partial charge in [-0.2, -0.15) is 0 Å². The van der Waals surface area contributed by atoms with Crippen molar-refractivity contribution < 1.29 is 22.5 Å². The first-order valence-electron chi connectivity index (χ1n) is 8.17. The molecule has 0 saturated carbocycles. The standard InChI is InChI=1S/C17H21N3O5S/c1-10-5-6-14(7-11(10)2)20-9-15(24-17(20)21)8-18-26(22,23)16-12(3)19-25-13(16)4/h5-7,15,18H,8-9H2,1-4H3. The van der Waals surface area contributed by atoms with E-state index in [2.05, 4.69) is 9.88 Å². The first-order valence-corrected chi connectivity index (χ1v) is 9.65. The summed E-state index contributed by atoms with van der Waals surface area (Å²) < 4.78 is 37.5. The van der Waals surface area contributed by atoms with Crippen molar-refractivity contribution in [2.24, 2.45) is 0 Å². The van der Waals surface area contributed by atoms with Crippen molar-refractivity contribution in [1.82, 2.24) is 9.88 Å². The van der Waals surface area contributed by atoms with Crippen LogP contribution in [0.4, 0.5) is 10.5 Å². The Morgan fingerprint density at radius 3 is 2.58 bits per heavy atom. The Hall–Kier alpha value is -2.39. The van der Waals surface area contributed by atoms with Crippen LogP contribution in [0, 0.1) is 27.7 Å². The van der Waals surface area contributed by atoms with Crippen molar-refractivity contribution >= 4 is 21.8 Å². The molecule has 2 heterocycles. The molecule has 0 bridgehead atoms. The van der Waals surface area contributed by atoms with Gasteiger partial charge in [-0.05, 0) is 51.0 Å². The van der Waals surface area contributed by atoms with E-state index in [1.54, 1.807) is 6.92 Å². The van der Waals surface area contributed by atoms with E-state index in [1.807, 2.05) is 32.0 Å². The van der Waals surface area contributed by atoms with E-state index >= 15 is 0 Å². The number of anilines is 1. The summed E-state index contributed by atoms with van der Waals surface area (Å²) in [4.78, 5) is 13.7. The number of benzene rings is 1. The second-order valence-corrected chi connectivity index (χ2v) is 8.09. The highest BCUT2D eigenvalue weighted by Gasteiger charge is 2.34. The average Bonchev–Trinajstić information content (AvgIpc) is 3.11. The van der Waals surface area contributed by atoms with Crippen LogP contribution in [-0.2, 0) is 14.8 Å². The van der Waals surface area contributed by atoms with Crippen LogP contribution in [0.5, 0.6) is 0 Å². The van der Waals surface area contributed by atoms with Crippen LogP contribution in [-0.4, -0.2) is 38.9 Å². The molecule has 2 aromatic rings. The van der Waals surface area contributed by atoms with E-state index in [1.165, 1.54) is 11.8 Å². The molecular formula is C17H21N3O5S. The van der Waals surface area contributed by atoms with Crippen LogP contribution in [0.1, 0.15) is 22.6 Å². The molecule has 1 aromatic carbocycles. The van der Waals surface area contributed by atoms with E-state index < -0.39 is 22.2 Å². The van der Waals surface area contributed by atoms with Gasteiger partial charge in [0.1, 0.15) is 16.7 Å². The Balaban J connectivity index is 1.69. The number of sulfonamides is 1. The van der Waals surface area contributed by atoms with Gasteiger partial charge in [-0.25, -0.2) is 17.9 Å². The predicted octanol–water partition coefficient (Wildman–Crippen LogP) is 2.21. The number of hydrogen-bond acceptors (Lipinski definition) is 6. The fraction of sp³-hybridized carbons (Fsp3) is 0.412. The molecule has 9 heteroatoms. The number of carbonyl (C=O) groups excluding carboxylic acids is 1. The van der Waals surface area contributed by atoms with Crippen LogP contribution >= 0.6 is 0 Å². The number of hydrogen-bond donors (Lipinski definition) is 1. The fourth-order valence-electron chi connectivity index (χ4n) is 2.87. The molecular weight excluding hydrogens is 358 g/mol. The van der Waals surface area contributed by atoms with Crippen LogP contribution in [0.3, 0.4) is 0 Å². The Morgan fingerprint density at radius 2 is 1.96 bits per heavy atom. The Kier molecular flexibility index (Phi) is 4.76. The third-order valence-corrected chi connectivity index (χ3v) is 6.08. The highest BCUT2D eigenvalue weighted by atomic mass is 32.2. The number of carbonyl (C=O) groups is 1. The van der Waals surface area contributed by atoms with Crippen LogP contribution in [0.25, 0.3) is 0 Å². The summed E-state index contributed by atoms with van der Waals surface area (Å²) in [5.41, 5.74) is 3.22. The van der Waals surface area contributed by atoms with Crippen molar-refractivity contribution in [2.75, 3.05) is 18.0 Å². The minimum Gasteiger partial charge on any atom is -0.443 e. The SMILES string of the molecule is Cc1ccc(N2CC(CNS(=O)(=O)c3c(C)noc3C)OC2=O)cc1C. The molecule has 1 unspecified atom stereocenters. The molecule has 0 aliphatic carbocycles. The molecule has 1 amide bonds. The normalized spacial score (nSPS) is 17.6. The third-order valence-electron chi connectivity index (χ3n) is 4.41. The maximum absolute atomic E-state index is 12.4. The van der Waals surface area contributed by atoms with E-state index in [4.69, 9.17) is 9.26 Å². The van der Waals surface area contributed by atoms with E-state index in [9.17, 15) is 13.2 Å². The second kappa shape index (κ2) is 6.73. The lowest BCUT2D eigenvalue weighted by molar-refractivity contribution is 0.143. The molecule has 1 aromatic heterocycles. The van der Waals surface area contributed by atoms with Gasteiger partial charge >= 0.3 is 6.09 Å². The zero-order valence-corrected chi connectivity index (χ0v) is 15.9. The topological polar surface area (TPSA) is 102 Å². The molecule has 1 atom stereocenters. The highest BCUT2D eigenvalue weighted by molar-refractivity contribution is 7.89. The third kappa shape index (κ3) is 3.45. The average molecular weight is 379 g/mol. The van der Waals surface area contributed by atoms with Gasteiger partial charge in [-0.15, -0.1) is 0 Å². The zero-order valence-electron chi connectivity index (χ0n) is 15.1. The number of nitrogens with zero attached hydrogens (tertiary/aromatic N) is 2. The van der Waals surface area contributed by atoms with Crippen molar-refractivity contribution in [3.8, 4) is 0 Å². The van der Waals surface area contributed by atoms with Crippen molar-refractivity contribution in [3.63, 3.8) is 0 Å². The smallest absolute Gasteiger partial charge is 0.414 e. The molecule has 3 rings (SSSR count). The van der Waals surface area contributed by atoms with Gasteiger partial charge in [0.15, 0.2) is 5.76 Å². The summed E-state index contributed by atoms with van der Waals surface area (Å²) in [5.74, 6) is 0.218. The van der Waals surface area contributed by atoms with E-state index in [0.29, 0.717) is 0 Å². The molecule has 1 aliphatic rings. The molecule has 1 fully saturated rings. The first-order chi connectivity index (χ1) is 12.2. The first kappa shape index (κ1) is 18.4. The summed E-state index contributed by atoms with van der Waals surface area (Å²) >= 11 is 0. The monoisotopic (exact) mass is 379 g/mol. The van der Waals surface area contributed by atoms with Crippen LogP contribution in [0.2, 0.25) is 0 Å². The quantitative estimate of drug-likeness (QED) is 0.855. The molecule has 8 nitrogen and oxygen atoms in total. The molecule has 0 spiro atoms. The molecule has 1 aliphatic heterocycles. The Labute approximate surface area is 152 Å². The minimum absolute atomic E-state index is 0.0211. The lowest BCUT2D eigenvalue weighted by atomic mass is 10.1. The zero-order chi connectivity index (χ0) is 19.1. The summed E-state index contributed by atoms with van der Waals surface area (Å²) in [7, 11) is -3.79. The second-order valence-electron chi connectivity index (χ2n) is 6.39. The molecule has 1 saturated heterocycles. The van der Waals surface area contributed by atoms with E-state index in [-0.39, 0.29) is 29.4 Å². The van der Waals surface area contributed by atoms with Gasteiger partial charge < -0.3 is 9.26 Å². The van der Waals surface area contributed by atoms with Crippen molar-refractivity contribution in [3.05, 3.63) is 40.8 Å². The Morgan fingerprint density at radius 1 is 1.23 bits per heavy atom. The number of rotatable bonds is 5. The summed E-state index contributed by atoms with van der Waals surface area (Å²) in [6, 6.07) is 5.69. The highest BCUT2D eigenvalue weighted by Crippen LogP contribution is 2.24.